The summed E-state index contributed by atoms with van der Waals surface area (Å²) in [5.41, 5.74) is 8.81. The van der Waals surface area contributed by atoms with Crippen LogP contribution < -0.4 is 0 Å². The van der Waals surface area contributed by atoms with Crippen LogP contribution in [0.4, 0.5) is 0 Å². The van der Waals surface area contributed by atoms with Gasteiger partial charge in [0.05, 0.1) is 6.61 Å². The lowest BCUT2D eigenvalue weighted by molar-refractivity contribution is 0.172. The van der Waals surface area contributed by atoms with Crippen LogP contribution in [-0.2, 0) is 17.6 Å². The Morgan fingerprint density at radius 2 is 1.35 bits per heavy atom. The van der Waals surface area contributed by atoms with E-state index >= 15 is 0 Å². The van der Waals surface area contributed by atoms with Gasteiger partial charge in [-0.05, 0) is 80.6 Å². The molecule has 1 nitrogen and oxygen atoms in total. The van der Waals surface area contributed by atoms with Crippen molar-refractivity contribution in [3.05, 3.63) is 119 Å². The van der Waals surface area contributed by atoms with Gasteiger partial charge in [0.2, 0.25) is 0 Å². The van der Waals surface area contributed by atoms with Gasteiger partial charge in [-0.15, -0.1) is 0 Å². The number of benzene rings is 5. The van der Waals surface area contributed by atoms with Gasteiger partial charge in [0.1, 0.15) is 0 Å². The quantitative estimate of drug-likeness (QED) is 0.245. The van der Waals surface area contributed by atoms with Gasteiger partial charge < -0.3 is 4.74 Å². The first kappa shape index (κ1) is 21.1. The minimum absolute atomic E-state index is 0.564. The van der Waals surface area contributed by atoms with Crippen molar-refractivity contribution in [3.63, 3.8) is 0 Å². The Morgan fingerprint density at radius 3 is 2.12 bits per heavy atom. The van der Waals surface area contributed by atoms with Gasteiger partial charge in [0.15, 0.2) is 0 Å². The van der Waals surface area contributed by atoms with Crippen LogP contribution in [0.5, 0.6) is 0 Å². The largest absolute Gasteiger partial charge is 0.384 e. The topological polar surface area (TPSA) is 9.23 Å². The molecule has 0 N–H and O–H groups in total. The third-order valence-corrected chi connectivity index (χ3v) is 7.57. The van der Waals surface area contributed by atoms with Crippen molar-refractivity contribution in [1.29, 1.82) is 0 Å². The average Bonchev–Trinajstić information content (AvgIpc) is 3.28. The fourth-order valence-electron chi connectivity index (χ4n) is 5.96. The van der Waals surface area contributed by atoms with Crippen LogP contribution in [0.3, 0.4) is 0 Å². The van der Waals surface area contributed by atoms with Gasteiger partial charge in [-0.2, -0.15) is 0 Å². The zero-order valence-electron chi connectivity index (χ0n) is 19.8. The molecule has 0 amide bonds. The minimum Gasteiger partial charge on any atom is -0.384 e. The Bertz CT molecular complexity index is 1440. The predicted octanol–water partition coefficient (Wildman–Crippen LogP) is 8.32. The van der Waals surface area contributed by atoms with E-state index < -0.39 is 0 Å². The molecule has 5 aromatic rings. The van der Waals surface area contributed by atoms with Crippen molar-refractivity contribution in [2.24, 2.45) is 0 Å². The van der Waals surface area contributed by atoms with Crippen LogP contribution >= 0.6 is 0 Å². The molecule has 5 aromatic carbocycles. The number of methoxy groups -OCH3 is 1. The molecule has 2 aliphatic rings. The van der Waals surface area contributed by atoms with Crippen LogP contribution in [-0.4, -0.2) is 13.7 Å². The molecule has 168 valence electrons. The molecule has 0 heterocycles. The third-order valence-electron chi connectivity index (χ3n) is 7.57. The second kappa shape index (κ2) is 9.08. The summed E-state index contributed by atoms with van der Waals surface area (Å²) in [5.74, 6) is 0.564. The van der Waals surface area contributed by atoms with Gasteiger partial charge in [-0.25, -0.2) is 0 Å². The van der Waals surface area contributed by atoms with E-state index in [-0.39, 0.29) is 0 Å². The minimum atomic E-state index is 0.564. The number of aryl methyl sites for hydroxylation is 1. The predicted molar refractivity (Wildman–Crippen MR) is 144 cm³/mol. The SMILES string of the molecule is COCC1CCCc2c1ccc1c2ccc2ccccc21.c1ccc2c(c1)Cc1ccccc1-2. The maximum atomic E-state index is 5.42. The van der Waals surface area contributed by atoms with Crippen molar-refractivity contribution in [2.75, 3.05) is 13.7 Å². The van der Waals surface area contributed by atoms with E-state index in [1.165, 1.54) is 68.6 Å². The second-order valence-electron chi connectivity index (χ2n) is 9.55. The maximum Gasteiger partial charge on any atom is 0.0531 e. The summed E-state index contributed by atoms with van der Waals surface area (Å²) in [6.45, 7) is 0.839. The van der Waals surface area contributed by atoms with E-state index in [9.17, 15) is 0 Å². The van der Waals surface area contributed by atoms with Gasteiger partial charge in [0.25, 0.3) is 0 Å². The smallest absolute Gasteiger partial charge is 0.0531 e. The van der Waals surface area contributed by atoms with Gasteiger partial charge in [-0.1, -0.05) is 97.1 Å². The average molecular weight is 443 g/mol. The Hall–Kier alpha value is -3.42. The summed E-state index contributed by atoms with van der Waals surface area (Å²) >= 11 is 0. The van der Waals surface area contributed by atoms with Crippen molar-refractivity contribution in [1.82, 2.24) is 0 Å². The summed E-state index contributed by atoms with van der Waals surface area (Å²) in [5, 5.41) is 5.53. The molecule has 0 radical (unpaired) electrons. The van der Waals surface area contributed by atoms with E-state index in [0.717, 1.165) is 13.0 Å². The van der Waals surface area contributed by atoms with Crippen molar-refractivity contribution in [3.8, 4) is 11.1 Å². The normalized spacial score (nSPS) is 15.9. The Balaban J connectivity index is 0.000000143. The summed E-state index contributed by atoms with van der Waals surface area (Å²) in [4.78, 5) is 0. The molecule has 34 heavy (non-hydrogen) atoms. The molecule has 0 saturated heterocycles. The van der Waals surface area contributed by atoms with Gasteiger partial charge in [-0.3, -0.25) is 0 Å². The van der Waals surface area contributed by atoms with Crippen LogP contribution in [0.15, 0.2) is 97.1 Å². The molecule has 1 atom stereocenters. The van der Waals surface area contributed by atoms with E-state index in [1.54, 1.807) is 5.56 Å². The third kappa shape index (κ3) is 3.71. The molecule has 2 aliphatic carbocycles. The number of rotatable bonds is 2. The number of fused-ring (bicyclic) bond motifs is 8. The summed E-state index contributed by atoms with van der Waals surface area (Å²) in [7, 11) is 1.81. The fraction of sp³-hybridized carbons (Fsp3) is 0.212. The zero-order chi connectivity index (χ0) is 22.9. The highest BCUT2D eigenvalue weighted by Gasteiger charge is 2.22. The number of ether oxygens (including phenoxy) is 1. The van der Waals surface area contributed by atoms with E-state index in [4.69, 9.17) is 4.74 Å². The Morgan fingerprint density at radius 1 is 0.676 bits per heavy atom. The van der Waals surface area contributed by atoms with Crippen molar-refractivity contribution >= 4 is 21.5 Å². The molecule has 0 saturated carbocycles. The van der Waals surface area contributed by atoms with Crippen LogP contribution in [0.2, 0.25) is 0 Å². The molecule has 0 bridgehead atoms. The van der Waals surface area contributed by atoms with Crippen molar-refractivity contribution in [2.45, 2.75) is 31.6 Å². The zero-order valence-corrected chi connectivity index (χ0v) is 19.8. The number of hydrogen-bond acceptors (Lipinski definition) is 1. The fourth-order valence-corrected chi connectivity index (χ4v) is 5.96. The molecular weight excluding hydrogens is 412 g/mol. The lowest BCUT2D eigenvalue weighted by atomic mass is 9.80. The van der Waals surface area contributed by atoms with Gasteiger partial charge in [0, 0.05) is 13.0 Å². The van der Waals surface area contributed by atoms with Crippen LogP contribution in [0, 0.1) is 0 Å². The van der Waals surface area contributed by atoms with Crippen LogP contribution in [0.25, 0.3) is 32.7 Å². The molecule has 0 fully saturated rings. The molecular formula is C33H30O. The first-order valence-corrected chi connectivity index (χ1v) is 12.4. The molecule has 0 aliphatic heterocycles. The molecule has 0 aromatic heterocycles. The molecule has 1 unspecified atom stereocenters. The lowest BCUT2D eigenvalue weighted by Crippen LogP contribution is -2.14. The molecule has 7 rings (SSSR count). The Kier molecular flexibility index (Phi) is 5.65. The van der Waals surface area contributed by atoms with E-state index in [2.05, 4.69) is 97.1 Å². The summed E-state index contributed by atoms with van der Waals surface area (Å²) in [6.07, 6.45) is 4.82. The second-order valence-corrected chi connectivity index (χ2v) is 9.55. The monoisotopic (exact) mass is 442 g/mol. The van der Waals surface area contributed by atoms with Crippen molar-refractivity contribution < 1.29 is 4.74 Å². The maximum absolute atomic E-state index is 5.42. The first-order chi connectivity index (χ1) is 16.8. The molecule has 0 spiro atoms. The van der Waals surface area contributed by atoms with Gasteiger partial charge >= 0.3 is 0 Å². The highest BCUT2D eigenvalue weighted by molar-refractivity contribution is 6.08. The highest BCUT2D eigenvalue weighted by Crippen LogP contribution is 2.38. The summed E-state index contributed by atoms with van der Waals surface area (Å²) in [6, 6.07) is 35.2. The molecule has 1 heteroatoms. The lowest BCUT2D eigenvalue weighted by Gasteiger charge is -2.26. The number of hydrogen-bond donors (Lipinski definition) is 0. The van der Waals surface area contributed by atoms with E-state index in [0.29, 0.717) is 5.92 Å². The highest BCUT2D eigenvalue weighted by atomic mass is 16.5. The van der Waals surface area contributed by atoms with E-state index in [1.807, 2.05) is 7.11 Å². The first-order valence-electron chi connectivity index (χ1n) is 12.4. The summed E-state index contributed by atoms with van der Waals surface area (Å²) < 4.78 is 5.42. The van der Waals surface area contributed by atoms with Crippen LogP contribution in [0.1, 0.15) is 41.0 Å². The Labute approximate surface area is 202 Å². The standard InChI is InChI=1S/C20H20O.C13H10/c1-21-13-15-6-4-8-18-17(15)11-12-19-16-7-3-2-5-14(16)9-10-20(18)19;1-3-7-12-10(5-1)9-11-6-2-4-8-13(11)12/h2-3,5,7,9-12,15H,4,6,8,13H2,1H3;1-8H,9H2.